The fraction of sp³-hybridized carbons (Fsp3) is 0.182. The summed E-state index contributed by atoms with van der Waals surface area (Å²) in [7, 11) is 1.63. The average Bonchev–Trinajstić information content (AvgIpc) is 3.28. The van der Waals surface area contributed by atoms with Gasteiger partial charge in [0.1, 0.15) is 5.75 Å². The fourth-order valence-electron chi connectivity index (χ4n) is 3.58. The average molecular weight is 433 g/mol. The summed E-state index contributed by atoms with van der Waals surface area (Å²) in [5.74, 6) is 0.741. The molecule has 0 saturated heterocycles. The summed E-state index contributed by atoms with van der Waals surface area (Å²) in [5, 5.41) is 12.1. The van der Waals surface area contributed by atoms with E-state index in [4.69, 9.17) is 4.74 Å². The van der Waals surface area contributed by atoms with Crippen LogP contribution in [0.5, 0.6) is 5.75 Å². The molecule has 0 fully saturated rings. The van der Waals surface area contributed by atoms with Crippen LogP contribution < -0.4 is 15.4 Å². The topological polar surface area (TPSA) is 97.6 Å². The number of carbonyl (C=O) groups is 2. The Hall–Kier alpha value is -3.72. The highest BCUT2D eigenvalue weighted by molar-refractivity contribution is 7.15. The van der Waals surface area contributed by atoms with Crippen LogP contribution in [0.3, 0.4) is 0 Å². The monoisotopic (exact) mass is 433 g/mol. The molecule has 0 aliphatic carbocycles. The Bertz CT molecular complexity index is 1290. The van der Waals surface area contributed by atoms with Crippen LogP contribution in [0.25, 0.3) is 16.2 Å². The van der Waals surface area contributed by atoms with E-state index in [0.29, 0.717) is 16.9 Å². The summed E-state index contributed by atoms with van der Waals surface area (Å²) >= 11 is 1.45. The number of hydrogen-bond donors (Lipinski definition) is 2. The maximum absolute atomic E-state index is 12.8. The van der Waals surface area contributed by atoms with Crippen LogP contribution >= 0.6 is 11.3 Å². The molecular formula is C22H19N5O3S. The standard InChI is InChI=1S/C22H19N5O3S/c1-30-16-8-5-13(6-9-16)18-12-31-22-25-21(26-27(18)22)24-20(29)15-7-10-17-14(11-15)3-2-4-19(28)23-17/h5-12H,2-4H2,1H3,(H,23,28)(H,24,26,29). The SMILES string of the molecule is COc1ccc(-c2csc3nc(NC(=O)c4ccc5c(c4)CCCC(=O)N5)nn23)cc1. The molecule has 0 saturated carbocycles. The van der Waals surface area contributed by atoms with Crippen LogP contribution in [0.4, 0.5) is 11.6 Å². The van der Waals surface area contributed by atoms with Gasteiger partial charge in [-0.05, 0) is 60.9 Å². The van der Waals surface area contributed by atoms with E-state index in [-0.39, 0.29) is 17.8 Å². The molecule has 8 nitrogen and oxygen atoms in total. The number of nitrogens with one attached hydrogen (secondary N) is 2. The molecule has 1 aliphatic rings. The number of nitrogens with zero attached hydrogens (tertiary/aromatic N) is 3. The van der Waals surface area contributed by atoms with Gasteiger partial charge in [0, 0.05) is 28.6 Å². The van der Waals surface area contributed by atoms with Crippen molar-refractivity contribution in [3.8, 4) is 17.0 Å². The first-order valence-electron chi connectivity index (χ1n) is 9.83. The van der Waals surface area contributed by atoms with Gasteiger partial charge in [-0.1, -0.05) is 0 Å². The van der Waals surface area contributed by atoms with Gasteiger partial charge in [-0.3, -0.25) is 14.9 Å². The van der Waals surface area contributed by atoms with Gasteiger partial charge in [0.15, 0.2) is 0 Å². The van der Waals surface area contributed by atoms with Crippen molar-refractivity contribution in [2.45, 2.75) is 19.3 Å². The van der Waals surface area contributed by atoms with Gasteiger partial charge >= 0.3 is 0 Å². The minimum absolute atomic E-state index is 0.00546. The van der Waals surface area contributed by atoms with Crippen molar-refractivity contribution in [1.29, 1.82) is 0 Å². The van der Waals surface area contributed by atoms with Crippen molar-refractivity contribution < 1.29 is 14.3 Å². The molecule has 0 unspecified atom stereocenters. The van der Waals surface area contributed by atoms with Crippen LogP contribution in [-0.4, -0.2) is 33.5 Å². The summed E-state index contributed by atoms with van der Waals surface area (Å²) in [6.07, 6.45) is 2.00. The first-order valence-corrected chi connectivity index (χ1v) is 10.7. The number of thiazole rings is 1. The molecule has 31 heavy (non-hydrogen) atoms. The fourth-order valence-corrected chi connectivity index (χ4v) is 4.42. The molecule has 2 amide bonds. The number of aryl methyl sites for hydroxylation is 1. The van der Waals surface area contributed by atoms with E-state index in [1.54, 1.807) is 23.8 Å². The number of carbonyl (C=O) groups excluding carboxylic acids is 2. The first-order chi connectivity index (χ1) is 15.1. The van der Waals surface area contributed by atoms with E-state index in [2.05, 4.69) is 20.7 Å². The number of aromatic nitrogens is 3. The summed E-state index contributed by atoms with van der Waals surface area (Å²) in [6, 6.07) is 13.0. The zero-order valence-electron chi connectivity index (χ0n) is 16.7. The molecule has 0 radical (unpaired) electrons. The Kier molecular flexibility index (Phi) is 4.87. The third-order valence-corrected chi connectivity index (χ3v) is 6.00. The molecule has 3 heterocycles. The molecule has 2 aromatic heterocycles. The molecule has 4 aromatic rings. The highest BCUT2D eigenvalue weighted by Crippen LogP contribution is 2.28. The smallest absolute Gasteiger partial charge is 0.258 e. The van der Waals surface area contributed by atoms with Gasteiger partial charge in [-0.25, -0.2) is 4.52 Å². The van der Waals surface area contributed by atoms with E-state index in [9.17, 15) is 9.59 Å². The Morgan fingerprint density at radius 2 is 2.03 bits per heavy atom. The normalized spacial score (nSPS) is 13.4. The van der Waals surface area contributed by atoms with Crippen molar-refractivity contribution in [2.24, 2.45) is 0 Å². The number of fused-ring (bicyclic) bond motifs is 2. The molecular weight excluding hydrogens is 414 g/mol. The number of methoxy groups -OCH3 is 1. The molecule has 2 N–H and O–H groups in total. The summed E-state index contributed by atoms with van der Waals surface area (Å²) in [4.78, 5) is 29.6. The van der Waals surface area contributed by atoms with Crippen LogP contribution in [0.15, 0.2) is 47.8 Å². The van der Waals surface area contributed by atoms with Crippen LogP contribution in [0.1, 0.15) is 28.8 Å². The van der Waals surface area contributed by atoms with Gasteiger partial charge in [0.25, 0.3) is 11.9 Å². The highest BCUT2D eigenvalue weighted by Gasteiger charge is 2.17. The van der Waals surface area contributed by atoms with Gasteiger partial charge < -0.3 is 10.1 Å². The number of amides is 2. The molecule has 0 bridgehead atoms. The van der Waals surface area contributed by atoms with Crippen LogP contribution in [-0.2, 0) is 11.2 Å². The molecule has 5 rings (SSSR count). The van der Waals surface area contributed by atoms with Crippen molar-refractivity contribution in [3.63, 3.8) is 0 Å². The second kappa shape index (κ2) is 7.84. The zero-order valence-corrected chi connectivity index (χ0v) is 17.5. The van der Waals surface area contributed by atoms with E-state index >= 15 is 0 Å². The predicted molar refractivity (Wildman–Crippen MR) is 119 cm³/mol. The maximum atomic E-state index is 12.8. The zero-order chi connectivity index (χ0) is 21.4. The van der Waals surface area contributed by atoms with E-state index < -0.39 is 0 Å². The minimum atomic E-state index is -0.289. The maximum Gasteiger partial charge on any atom is 0.258 e. The Balaban J connectivity index is 1.38. The largest absolute Gasteiger partial charge is 0.497 e. The lowest BCUT2D eigenvalue weighted by Crippen LogP contribution is -2.14. The lowest BCUT2D eigenvalue weighted by Gasteiger charge is -2.08. The van der Waals surface area contributed by atoms with E-state index in [1.165, 1.54) is 11.3 Å². The number of rotatable bonds is 4. The molecule has 0 atom stereocenters. The molecule has 1 aliphatic heterocycles. The second-order valence-electron chi connectivity index (χ2n) is 7.21. The Morgan fingerprint density at radius 3 is 2.84 bits per heavy atom. The molecule has 0 spiro atoms. The van der Waals surface area contributed by atoms with Crippen LogP contribution in [0, 0.1) is 0 Å². The third-order valence-electron chi connectivity index (χ3n) is 5.18. The number of anilines is 2. The van der Waals surface area contributed by atoms with Gasteiger partial charge in [0.05, 0.1) is 12.8 Å². The van der Waals surface area contributed by atoms with Crippen molar-refractivity contribution >= 4 is 39.7 Å². The predicted octanol–water partition coefficient (Wildman–Crippen LogP) is 3.99. The molecule has 2 aromatic carbocycles. The number of ether oxygens (including phenoxy) is 1. The number of benzene rings is 2. The third kappa shape index (κ3) is 3.75. The summed E-state index contributed by atoms with van der Waals surface area (Å²) in [5.41, 5.74) is 4.09. The van der Waals surface area contributed by atoms with Gasteiger partial charge in [0.2, 0.25) is 10.9 Å². The Labute approximate surface area is 181 Å². The quantitative estimate of drug-likeness (QED) is 0.507. The first kappa shape index (κ1) is 19.3. The minimum Gasteiger partial charge on any atom is -0.497 e. The van der Waals surface area contributed by atoms with Gasteiger partial charge in [-0.2, -0.15) is 4.98 Å². The summed E-state index contributed by atoms with van der Waals surface area (Å²) in [6.45, 7) is 0. The van der Waals surface area contributed by atoms with Crippen molar-refractivity contribution in [3.05, 3.63) is 59.0 Å². The lowest BCUT2D eigenvalue weighted by molar-refractivity contribution is -0.116. The highest BCUT2D eigenvalue weighted by atomic mass is 32.1. The van der Waals surface area contributed by atoms with Crippen LogP contribution in [0.2, 0.25) is 0 Å². The van der Waals surface area contributed by atoms with Gasteiger partial charge in [-0.15, -0.1) is 16.4 Å². The number of hydrogen-bond acceptors (Lipinski definition) is 6. The van der Waals surface area contributed by atoms with Crippen molar-refractivity contribution in [1.82, 2.24) is 14.6 Å². The second-order valence-corrected chi connectivity index (χ2v) is 8.04. The molecule has 9 heteroatoms. The Morgan fingerprint density at radius 1 is 1.19 bits per heavy atom. The van der Waals surface area contributed by atoms with E-state index in [0.717, 1.165) is 41.1 Å². The molecule has 156 valence electrons. The lowest BCUT2D eigenvalue weighted by atomic mass is 10.0. The summed E-state index contributed by atoms with van der Waals surface area (Å²) < 4.78 is 6.93. The van der Waals surface area contributed by atoms with E-state index in [1.807, 2.05) is 35.7 Å². The van der Waals surface area contributed by atoms with Crippen molar-refractivity contribution in [2.75, 3.05) is 17.7 Å².